The molecule has 28 heavy (non-hydrogen) atoms. The van der Waals surface area contributed by atoms with Crippen LogP contribution in [0.3, 0.4) is 0 Å². The highest BCUT2D eigenvalue weighted by molar-refractivity contribution is 9.10. The molecule has 1 N–H and O–H groups in total. The van der Waals surface area contributed by atoms with Crippen molar-refractivity contribution in [2.45, 2.75) is 6.92 Å². The van der Waals surface area contributed by atoms with Crippen molar-refractivity contribution >= 4 is 39.3 Å². The predicted molar refractivity (Wildman–Crippen MR) is 107 cm³/mol. The van der Waals surface area contributed by atoms with Crippen LogP contribution in [0.25, 0.3) is 6.08 Å². The Kier molecular flexibility index (Phi) is 7.12. The fraction of sp³-hybridized carbons (Fsp3) is 0.158. The molecular weight excluding hydrogens is 430 g/mol. The lowest BCUT2D eigenvalue weighted by atomic mass is 10.1. The fourth-order valence-corrected chi connectivity index (χ4v) is 2.96. The molecule has 0 saturated carbocycles. The number of halogens is 1. The molecule has 2 rings (SSSR count). The zero-order chi connectivity index (χ0) is 20.7. The van der Waals surface area contributed by atoms with Gasteiger partial charge in [-0.2, -0.15) is 5.26 Å². The lowest BCUT2D eigenvalue weighted by Gasteiger charge is -2.08. The van der Waals surface area contributed by atoms with Crippen LogP contribution in [0.2, 0.25) is 0 Å². The number of ether oxygens (including phenoxy) is 2. The first-order valence-electron chi connectivity index (χ1n) is 8.07. The Bertz CT molecular complexity index is 965. The number of anilines is 1. The molecule has 0 radical (unpaired) electrons. The van der Waals surface area contributed by atoms with Crippen molar-refractivity contribution in [1.82, 2.24) is 0 Å². The van der Waals surface area contributed by atoms with Gasteiger partial charge in [-0.1, -0.05) is 0 Å². The Morgan fingerprint density at radius 1 is 1.36 bits per heavy atom. The van der Waals surface area contributed by atoms with Crippen LogP contribution in [0.4, 0.5) is 11.4 Å². The second-order valence-electron chi connectivity index (χ2n) is 5.39. The van der Waals surface area contributed by atoms with Crippen LogP contribution in [0.1, 0.15) is 12.5 Å². The SMILES string of the molecule is CCOc1ccc(NC(=O)/C(C#N)=C\c2cc(Br)c(OC)c([N+](=O)[O-])c2)cc1. The van der Waals surface area contributed by atoms with E-state index in [-0.39, 0.29) is 17.0 Å². The molecule has 1 amide bonds. The van der Waals surface area contributed by atoms with Crippen LogP contribution in [-0.4, -0.2) is 24.5 Å². The number of hydrogen-bond donors (Lipinski definition) is 1. The molecule has 0 aliphatic rings. The molecule has 2 aromatic carbocycles. The smallest absolute Gasteiger partial charge is 0.312 e. The maximum Gasteiger partial charge on any atom is 0.312 e. The second-order valence-corrected chi connectivity index (χ2v) is 6.25. The summed E-state index contributed by atoms with van der Waals surface area (Å²) in [7, 11) is 1.31. The van der Waals surface area contributed by atoms with E-state index in [1.807, 2.05) is 6.92 Å². The Hall–Kier alpha value is -3.38. The molecule has 144 valence electrons. The van der Waals surface area contributed by atoms with Crippen molar-refractivity contribution in [3.05, 3.63) is 62.1 Å². The Morgan fingerprint density at radius 2 is 2.04 bits per heavy atom. The Balaban J connectivity index is 2.29. The van der Waals surface area contributed by atoms with Gasteiger partial charge in [-0.15, -0.1) is 0 Å². The van der Waals surface area contributed by atoms with E-state index < -0.39 is 10.8 Å². The van der Waals surface area contributed by atoms with E-state index in [9.17, 15) is 20.2 Å². The number of rotatable bonds is 7. The van der Waals surface area contributed by atoms with Crippen molar-refractivity contribution in [2.24, 2.45) is 0 Å². The van der Waals surface area contributed by atoms with E-state index in [0.717, 1.165) is 0 Å². The van der Waals surface area contributed by atoms with E-state index in [0.29, 0.717) is 28.1 Å². The van der Waals surface area contributed by atoms with Gasteiger partial charge in [-0.05, 0) is 64.8 Å². The molecular formula is C19H16BrN3O5. The van der Waals surface area contributed by atoms with Crippen LogP contribution < -0.4 is 14.8 Å². The third-order valence-corrected chi connectivity index (χ3v) is 4.14. The minimum absolute atomic E-state index is 0.0551. The van der Waals surface area contributed by atoms with Gasteiger partial charge in [0.05, 0.1) is 23.1 Å². The molecule has 9 heteroatoms. The zero-order valence-corrected chi connectivity index (χ0v) is 16.6. The molecule has 8 nitrogen and oxygen atoms in total. The Labute approximate surface area is 169 Å². The van der Waals surface area contributed by atoms with Crippen molar-refractivity contribution in [1.29, 1.82) is 5.26 Å². The number of methoxy groups -OCH3 is 1. The van der Waals surface area contributed by atoms with Crippen LogP contribution in [-0.2, 0) is 4.79 Å². The molecule has 0 bridgehead atoms. The molecule has 0 spiro atoms. The molecule has 0 aromatic heterocycles. The van der Waals surface area contributed by atoms with E-state index in [4.69, 9.17) is 9.47 Å². The highest BCUT2D eigenvalue weighted by Gasteiger charge is 2.20. The summed E-state index contributed by atoms with van der Waals surface area (Å²) in [4.78, 5) is 23.0. The normalized spacial score (nSPS) is 10.7. The number of nitriles is 1. The summed E-state index contributed by atoms with van der Waals surface area (Å²) in [6.45, 7) is 2.39. The average molecular weight is 446 g/mol. The largest absolute Gasteiger partial charge is 0.494 e. The first-order valence-corrected chi connectivity index (χ1v) is 8.86. The monoisotopic (exact) mass is 445 g/mol. The highest BCUT2D eigenvalue weighted by atomic mass is 79.9. The second kappa shape index (κ2) is 9.53. The van der Waals surface area contributed by atoms with Gasteiger partial charge in [-0.3, -0.25) is 14.9 Å². The third-order valence-electron chi connectivity index (χ3n) is 3.55. The summed E-state index contributed by atoms with van der Waals surface area (Å²) < 4.78 is 10.7. The van der Waals surface area contributed by atoms with Gasteiger partial charge < -0.3 is 14.8 Å². The summed E-state index contributed by atoms with van der Waals surface area (Å²) in [6.07, 6.45) is 1.26. The van der Waals surface area contributed by atoms with Crippen LogP contribution >= 0.6 is 15.9 Å². The third kappa shape index (κ3) is 5.08. The number of benzene rings is 2. The van der Waals surface area contributed by atoms with Gasteiger partial charge in [-0.25, -0.2) is 0 Å². The van der Waals surface area contributed by atoms with Crippen molar-refractivity contribution in [2.75, 3.05) is 19.0 Å². The lowest BCUT2D eigenvalue weighted by Crippen LogP contribution is -2.13. The first-order chi connectivity index (χ1) is 13.4. The molecule has 0 fully saturated rings. The minimum Gasteiger partial charge on any atom is -0.494 e. The quantitative estimate of drug-likeness (QED) is 0.293. The summed E-state index contributed by atoms with van der Waals surface area (Å²) in [5.74, 6) is 0.0766. The molecule has 0 unspecified atom stereocenters. The van der Waals surface area contributed by atoms with Crippen molar-refractivity contribution < 1.29 is 19.2 Å². The van der Waals surface area contributed by atoms with Gasteiger partial charge in [0.2, 0.25) is 5.75 Å². The van der Waals surface area contributed by atoms with E-state index in [1.165, 1.54) is 25.3 Å². The molecule has 0 aliphatic heterocycles. The van der Waals surface area contributed by atoms with Gasteiger partial charge in [0.25, 0.3) is 5.91 Å². The molecule has 0 atom stereocenters. The van der Waals surface area contributed by atoms with Crippen LogP contribution in [0, 0.1) is 21.4 Å². The number of hydrogen-bond acceptors (Lipinski definition) is 6. The lowest BCUT2D eigenvalue weighted by molar-refractivity contribution is -0.385. The van der Waals surface area contributed by atoms with Gasteiger partial charge >= 0.3 is 5.69 Å². The summed E-state index contributed by atoms with van der Waals surface area (Å²) in [5, 5.41) is 23.1. The van der Waals surface area contributed by atoms with Gasteiger partial charge in [0.1, 0.15) is 17.4 Å². The maximum atomic E-state index is 12.4. The van der Waals surface area contributed by atoms with Crippen molar-refractivity contribution in [3.8, 4) is 17.6 Å². The topological polar surface area (TPSA) is 114 Å². The standard InChI is InChI=1S/C19H16BrN3O5/c1-3-28-15-6-4-14(5-7-15)22-19(24)13(11-21)8-12-9-16(20)18(27-2)17(10-12)23(25)26/h4-10H,3H2,1-2H3,(H,22,24)/b13-8-. The average Bonchev–Trinajstić information content (AvgIpc) is 2.67. The van der Waals surface area contributed by atoms with E-state index >= 15 is 0 Å². The number of nitro benzene ring substituents is 1. The number of amides is 1. The number of nitrogens with zero attached hydrogens (tertiary/aromatic N) is 2. The summed E-state index contributed by atoms with van der Waals surface area (Å²) in [6, 6.07) is 11.2. The maximum absolute atomic E-state index is 12.4. The van der Waals surface area contributed by atoms with Gasteiger partial charge in [0, 0.05) is 11.8 Å². The van der Waals surface area contributed by atoms with E-state index in [2.05, 4.69) is 21.2 Å². The van der Waals surface area contributed by atoms with Crippen molar-refractivity contribution in [3.63, 3.8) is 0 Å². The molecule has 2 aromatic rings. The first kappa shape index (κ1) is 20.9. The number of nitro groups is 1. The predicted octanol–water partition coefficient (Wildman–Crippen LogP) is 4.31. The zero-order valence-electron chi connectivity index (χ0n) is 15.1. The van der Waals surface area contributed by atoms with Crippen LogP contribution in [0.5, 0.6) is 11.5 Å². The van der Waals surface area contributed by atoms with Crippen LogP contribution in [0.15, 0.2) is 46.4 Å². The number of nitrogens with one attached hydrogen (secondary N) is 1. The summed E-state index contributed by atoms with van der Waals surface area (Å²) in [5.41, 5.74) is 0.293. The van der Waals surface area contributed by atoms with Gasteiger partial charge in [0.15, 0.2) is 0 Å². The number of carbonyl (C=O) groups is 1. The Morgan fingerprint density at radius 3 is 2.57 bits per heavy atom. The van der Waals surface area contributed by atoms with E-state index in [1.54, 1.807) is 30.3 Å². The molecule has 0 saturated heterocycles. The minimum atomic E-state index is -0.638. The highest BCUT2D eigenvalue weighted by Crippen LogP contribution is 2.36. The number of carbonyl (C=O) groups excluding carboxylic acids is 1. The fourth-order valence-electron chi connectivity index (χ4n) is 2.34. The molecule has 0 heterocycles. The molecule has 0 aliphatic carbocycles. The summed E-state index contributed by atoms with van der Waals surface area (Å²) >= 11 is 3.19.